The van der Waals surface area contributed by atoms with Crippen LogP contribution in [0.3, 0.4) is 0 Å². The van der Waals surface area contributed by atoms with E-state index in [1.165, 1.54) is 38.4 Å². The highest BCUT2D eigenvalue weighted by Crippen LogP contribution is 2.42. The van der Waals surface area contributed by atoms with Crippen LogP contribution in [0, 0.1) is 0 Å². The highest BCUT2D eigenvalue weighted by atomic mass is 15.1. The zero-order chi connectivity index (χ0) is 22.0. The van der Waals surface area contributed by atoms with E-state index in [0.717, 1.165) is 11.4 Å². The maximum absolute atomic E-state index is 2.38. The number of para-hydroxylation sites is 1. The van der Waals surface area contributed by atoms with E-state index in [4.69, 9.17) is 0 Å². The van der Waals surface area contributed by atoms with Gasteiger partial charge < -0.3 is 4.90 Å². The fourth-order valence-electron chi connectivity index (χ4n) is 4.68. The van der Waals surface area contributed by atoms with Crippen molar-refractivity contribution in [1.29, 1.82) is 0 Å². The minimum Gasteiger partial charge on any atom is -0.310 e. The van der Waals surface area contributed by atoms with Crippen LogP contribution in [-0.2, 0) is 0 Å². The van der Waals surface area contributed by atoms with Crippen molar-refractivity contribution in [3.8, 4) is 11.1 Å². The number of hydrogen-bond donors (Lipinski definition) is 0. The van der Waals surface area contributed by atoms with Crippen molar-refractivity contribution in [2.45, 2.75) is 0 Å². The Morgan fingerprint density at radius 1 is 0.364 bits per heavy atom. The van der Waals surface area contributed by atoms with Gasteiger partial charge in [-0.2, -0.15) is 0 Å². The molecule has 0 atom stereocenters. The molecule has 0 aliphatic rings. The average Bonchev–Trinajstić information content (AvgIpc) is 2.90. The summed E-state index contributed by atoms with van der Waals surface area (Å²) in [4.78, 5) is 2.38. The first kappa shape index (κ1) is 19.3. The lowest BCUT2D eigenvalue weighted by molar-refractivity contribution is 1.30. The molecule has 0 aliphatic carbocycles. The summed E-state index contributed by atoms with van der Waals surface area (Å²) in [6.45, 7) is 0. The molecular formula is C32H23N. The fourth-order valence-corrected chi connectivity index (χ4v) is 4.68. The molecule has 0 aromatic heterocycles. The number of fused-ring (bicyclic) bond motifs is 3. The van der Waals surface area contributed by atoms with E-state index in [0.29, 0.717) is 0 Å². The standard InChI is InChI=1S/C32H23N/c1-3-12-24(13-4-1)25-15-11-18-28(22-25)33(27-16-5-2-6-17-27)32-23-26-14-7-8-19-29(26)30-20-9-10-21-31(30)32/h1-23H. The van der Waals surface area contributed by atoms with E-state index < -0.39 is 0 Å². The van der Waals surface area contributed by atoms with E-state index >= 15 is 0 Å². The van der Waals surface area contributed by atoms with Gasteiger partial charge in [-0.1, -0.05) is 109 Å². The lowest BCUT2D eigenvalue weighted by Gasteiger charge is -2.28. The molecule has 1 nitrogen and oxygen atoms in total. The Morgan fingerprint density at radius 3 is 1.73 bits per heavy atom. The SMILES string of the molecule is c1ccc(-c2cccc(N(c3ccccc3)c3cc4ccccc4c4ccccc34)c2)cc1. The van der Waals surface area contributed by atoms with Crippen LogP contribution >= 0.6 is 0 Å². The molecule has 0 radical (unpaired) electrons. The van der Waals surface area contributed by atoms with Gasteiger partial charge in [-0.05, 0) is 57.6 Å². The molecule has 0 amide bonds. The first-order valence-electron chi connectivity index (χ1n) is 11.3. The maximum atomic E-state index is 2.38. The summed E-state index contributed by atoms with van der Waals surface area (Å²) in [7, 11) is 0. The molecule has 156 valence electrons. The molecular weight excluding hydrogens is 398 g/mol. The molecule has 6 aromatic rings. The van der Waals surface area contributed by atoms with E-state index in [2.05, 4.69) is 144 Å². The van der Waals surface area contributed by atoms with E-state index in [9.17, 15) is 0 Å². The van der Waals surface area contributed by atoms with Crippen LogP contribution in [0.15, 0.2) is 140 Å². The van der Waals surface area contributed by atoms with Gasteiger partial charge in [0.15, 0.2) is 0 Å². The molecule has 6 aromatic carbocycles. The Morgan fingerprint density at radius 2 is 0.939 bits per heavy atom. The third-order valence-electron chi connectivity index (χ3n) is 6.21. The van der Waals surface area contributed by atoms with E-state index in [1.807, 2.05) is 0 Å². The third-order valence-corrected chi connectivity index (χ3v) is 6.21. The molecule has 33 heavy (non-hydrogen) atoms. The predicted octanol–water partition coefficient (Wildman–Crippen LogP) is 9.13. The molecule has 1 heteroatoms. The Labute approximate surface area is 194 Å². The first-order chi connectivity index (χ1) is 16.4. The van der Waals surface area contributed by atoms with Gasteiger partial charge >= 0.3 is 0 Å². The Bertz CT molecular complexity index is 1550. The number of benzene rings is 6. The maximum Gasteiger partial charge on any atom is 0.0546 e. The number of anilines is 3. The number of nitrogens with zero attached hydrogens (tertiary/aromatic N) is 1. The van der Waals surface area contributed by atoms with Gasteiger partial charge in [0.2, 0.25) is 0 Å². The Balaban J connectivity index is 1.64. The third kappa shape index (κ3) is 3.54. The van der Waals surface area contributed by atoms with Crippen LogP contribution in [0.4, 0.5) is 17.1 Å². The largest absolute Gasteiger partial charge is 0.310 e. The lowest BCUT2D eigenvalue weighted by atomic mass is 9.98. The summed E-state index contributed by atoms with van der Waals surface area (Å²) in [5.74, 6) is 0. The normalized spacial score (nSPS) is 11.0. The monoisotopic (exact) mass is 421 g/mol. The van der Waals surface area contributed by atoms with Gasteiger partial charge in [0.1, 0.15) is 0 Å². The highest BCUT2D eigenvalue weighted by molar-refractivity contribution is 6.14. The molecule has 0 fully saturated rings. The summed E-state index contributed by atoms with van der Waals surface area (Å²) in [6, 6.07) is 49.7. The topological polar surface area (TPSA) is 3.24 Å². The second-order valence-electron chi connectivity index (χ2n) is 8.25. The first-order valence-corrected chi connectivity index (χ1v) is 11.3. The molecule has 0 spiro atoms. The van der Waals surface area contributed by atoms with Gasteiger partial charge in [0, 0.05) is 16.8 Å². The fraction of sp³-hybridized carbons (Fsp3) is 0. The molecule has 6 rings (SSSR count). The van der Waals surface area contributed by atoms with Crippen molar-refractivity contribution in [3.05, 3.63) is 140 Å². The molecule has 0 heterocycles. The van der Waals surface area contributed by atoms with Crippen LogP contribution in [0.1, 0.15) is 0 Å². The zero-order valence-corrected chi connectivity index (χ0v) is 18.2. The smallest absolute Gasteiger partial charge is 0.0546 e. The van der Waals surface area contributed by atoms with Crippen LogP contribution in [0.5, 0.6) is 0 Å². The van der Waals surface area contributed by atoms with E-state index in [1.54, 1.807) is 0 Å². The van der Waals surface area contributed by atoms with Gasteiger partial charge in [-0.3, -0.25) is 0 Å². The molecule has 0 saturated carbocycles. The van der Waals surface area contributed by atoms with Crippen molar-refractivity contribution in [3.63, 3.8) is 0 Å². The molecule has 0 saturated heterocycles. The van der Waals surface area contributed by atoms with Gasteiger partial charge in [0.05, 0.1) is 5.69 Å². The summed E-state index contributed by atoms with van der Waals surface area (Å²) in [5.41, 5.74) is 5.89. The lowest BCUT2D eigenvalue weighted by Crippen LogP contribution is -2.10. The van der Waals surface area contributed by atoms with Crippen molar-refractivity contribution in [2.24, 2.45) is 0 Å². The quantitative estimate of drug-likeness (QED) is 0.256. The summed E-state index contributed by atoms with van der Waals surface area (Å²) in [6.07, 6.45) is 0. The number of hydrogen-bond acceptors (Lipinski definition) is 1. The van der Waals surface area contributed by atoms with Crippen LogP contribution in [-0.4, -0.2) is 0 Å². The second-order valence-corrected chi connectivity index (χ2v) is 8.25. The summed E-state index contributed by atoms with van der Waals surface area (Å²) >= 11 is 0. The summed E-state index contributed by atoms with van der Waals surface area (Å²) < 4.78 is 0. The average molecular weight is 422 g/mol. The van der Waals surface area contributed by atoms with Crippen LogP contribution < -0.4 is 4.90 Å². The van der Waals surface area contributed by atoms with E-state index in [-0.39, 0.29) is 0 Å². The Kier molecular flexibility index (Phi) is 4.86. The minimum atomic E-state index is 1.14. The summed E-state index contributed by atoms with van der Waals surface area (Å²) in [5, 5.41) is 5.03. The Hall–Kier alpha value is -4.36. The van der Waals surface area contributed by atoms with Crippen LogP contribution in [0.2, 0.25) is 0 Å². The van der Waals surface area contributed by atoms with Gasteiger partial charge in [0.25, 0.3) is 0 Å². The van der Waals surface area contributed by atoms with Crippen molar-refractivity contribution < 1.29 is 0 Å². The minimum absolute atomic E-state index is 1.14. The molecule has 0 bridgehead atoms. The van der Waals surface area contributed by atoms with Crippen molar-refractivity contribution >= 4 is 38.6 Å². The highest BCUT2D eigenvalue weighted by Gasteiger charge is 2.17. The number of rotatable bonds is 4. The zero-order valence-electron chi connectivity index (χ0n) is 18.2. The van der Waals surface area contributed by atoms with Crippen molar-refractivity contribution in [2.75, 3.05) is 4.90 Å². The van der Waals surface area contributed by atoms with Crippen molar-refractivity contribution in [1.82, 2.24) is 0 Å². The molecule has 0 N–H and O–H groups in total. The van der Waals surface area contributed by atoms with Gasteiger partial charge in [-0.15, -0.1) is 0 Å². The van der Waals surface area contributed by atoms with Gasteiger partial charge in [-0.25, -0.2) is 0 Å². The molecule has 0 aliphatic heterocycles. The molecule has 0 unspecified atom stereocenters. The second kappa shape index (κ2) is 8.29. The predicted molar refractivity (Wildman–Crippen MR) is 142 cm³/mol. The van der Waals surface area contributed by atoms with Crippen LogP contribution in [0.25, 0.3) is 32.7 Å².